The van der Waals surface area contributed by atoms with E-state index in [-0.39, 0.29) is 0 Å². The van der Waals surface area contributed by atoms with Crippen LogP contribution in [0.15, 0.2) is 11.1 Å². The number of halogens is 1. The van der Waals surface area contributed by atoms with Crippen molar-refractivity contribution in [3.8, 4) is 0 Å². The molecule has 82 valence electrons. The monoisotopic (exact) mass is 216 g/mol. The number of hydrogen-bond donors (Lipinski definition) is 1. The van der Waals surface area contributed by atoms with E-state index in [0.717, 1.165) is 25.7 Å². The topological polar surface area (TPSA) is 15.3 Å². The minimum absolute atomic E-state index is 0.881. The maximum atomic E-state index is 5.57. The standard InChI is InChI=1S/C11H21ClN2/c1-3-14(11-4-5-11)7-6-13-9-10(2)8-12/h8,11,13H,3-7,9H2,1-2H3. The van der Waals surface area contributed by atoms with Crippen LogP contribution in [0.3, 0.4) is 0 Å². The summed E-state index contributed by atoms with van der Waals surface area (Å²) < 4.78 is 0. The summed E-state index contributed by atoms with van der Waals surface area (Å²) in [6.45, 7) is 8.59. The molecule has 14 heavy (non-hydrogen) atoms. The molecule has 1 N–H and O–H groups in total. The van der Waals surface area contributed by atoms with Crippen LogP contribution in [-0.4, -0.2) is 37.1 Å². The van der Waals surface area contributed by atoms with E-state index in [1.54, 1.807) is 5.54 Å². The molecule has 0 atom stereocenters. The smallest absolute Gasteiger partial charge is 0.0174 e. The molecule has 1 aliphatic rings. The highest BCUT2D eigenvalue weighted by atomic mass is 35.5. The van der Waals surface area contributed by atoms with Crippen LogP contribution in [0.5, 0.6) is 0 Å². The minimum atomic E-state index is 0.881. The second-order valence-corrected chi connectivity index (χ2v) is 4.21. The molecule has 0 unspecified atom stereocenters. The van der Waals surface area contributed by atoms with Gasteiger partial charge in [0, 0.05) is 31.2 Å². The number of nitrogens with zero attached hydrogens (tertiary/aromatic N) is 1. The Balaban J connectivity index is 2.01. The highest BCUT2D eigenvalue weighted by molar-refractivity contribution is 6.25. The molecule has 0 aromatic heterocycles. The number of rotatable bonds is 7. The molecule has 0 amide bonds. The highest BCUT2D eigenvalue weighted by Crippen LogP contribution is 2.25. The molecule has 0 radical (unpaired) electrons. The molecule has 2 nitrogen and oxygen atoms in total. The van der Waals surface area contributed by atoms with Crippen molar-refractivity contribution in [2.75, 3.05) is 26.2 Å². The second-order valence-electron chi connectivity index (χ2n) is 3.99. The first-order valence-corrected chi connectivity index (χ1v) is 5.92. The Morgan fingerprint density at radius 1 is 1.57 bits per heavy atom. The van der Waals surface area contributed by atoms with Crippen LogP contribution in [0.1, 0.15) is 26.7 Å². The van der Waals surface area contributed by atoms with Gasteiger partial charge in [-0.25, -0.2) is 0 Å². The van der Waals surface area contributed by atoms with E-state index in [1.165, 1.54) is 25.0 Å². The maximum Gasteiger partial charge on any atom is 0.0174 e. The summed E-state index contributed by atoms with van der Waals surface area (Å²) in [5, 5.41) is 3.39. The fourth-order valence-electron chi connectivity index (χ4n) is 1.59. The molecule has 1 rings (SSSR count). The van der Waals surface area contributed by atoms with Crippen LogP contribution in [0, 0.1) is 0 Å². The number of nitrogens with one attached hydrogen (secondary N) is 1. The molecule has 0 aliphatic heterocycles. The van der Waals surface area contributed by atoms with Crippen LogP contribution in [0.2, 0.25) is 0 Å². The van der Waals surface area contributed by atoms with Gasteiger partial charge in [0.1, 0.15) is 0 Å². The number of likely N-dealkylation sites (N-methyl/N-ethyl adjacent to an activating group) is 1. The van der Waals surface area contributed by atoms with Gasteiger partial charge >= 0.3 is 0 Å². The normalized spacial score (nSPS) is 17.9. The van der Waals surface area contributed by atoms with Crippen molar-refractivity contribution in [2.45, 2.75) is 32.7 Å². The molecule has 1 aliphatic carbocycles. The van der Waals surface area contributed by atoms with Crippen molar-refractivity contribution in [1.82, 2.24) is 10.2 Å². The molecular formula is C11H21ClN2. The SMILES string of the molecule is CCN(CCNCC(C)=CCl)C1CC1. The molecule has 0 aromatic rings. The van der Waals surface area contributed by atoms with Gasteiger partial charge < -0.3 is 5.32 Å². The Bertz CT molecular complexity index is 188. The third-order valence-electron chi connectivity index (χ3n) is 2.64. The first kappa shape index (κ1) is 12.0. The van der Waals surface area contributed by atoms with Crippen molar-refractivity contribution >= 4 is 11.6 Å². The zero-order valence-corrected chi connectivity index (χ0v) is 9.98. The summed E-state index contributed by atoms with van der Waals surface area (Å²) in [7, 11) is 0. The minimum Gasteiger partial charge on any atom is -0.312 e. The summed E-state index contributed by atoms with van der Waals surface area (Å²) >= 11 is 5.57. The Morgan fingerprint density at radius 3 is 2.79 bits per heavy atom. The van der Waals surface area contributed by atoms with E-state index in [1.807, 2.05) is 6.92 Å². The predicted molar refractivity (Wildman–Crippen MR) is 62.7 cm³/mol. The van der Waals surface area contributed by atoms with Gasteiger partial charge in [-0.05, 0) is 31.9 Å². The molecule has 0 aromatic carbocycles. The van der Waals surface area contributed by atoms with E-state index in [2.05, 4.69) is 17.1 Å². The van der Waals surface area contributed by atoms with Gasteiger partial charge in [0.2, 0.25) is 0 Å². The second kappa shape index (κ2) is 6.44. The molecule has 1 fully saturated rings. The van der Waals surface area contributed by atoms with Gasteiger partial charge in [0.15, 0.2) is 0 Å². The van der Waals surface area contributed by atoms with Gasteiger partial charge in [-0.1, -0.05) is 18.5 Å². The van der Waals surface area contributed by atoms with Crippen LogP contribution >= 0.6 is 11.6 Å². The van der Waals surface area contributed by atoms with Gasteiger partial charge in [0.25, 0.3) is 0 Å². The van der Waals surface area contributed by atoms with Gasteiger partial charge in [-0.3, -0.25) is 4.90 Å². The van der Waals surface area contributed by atoms with Crippen LogP contribution < -0.4 is 5.32 Å². The van der Waals surface area contributed by atoms with Crippen molar-refractivity contribution in [3.05, 3.63) is 11.1 Å². The van der Waals surface area contributed by atoms with Crippen LogP contribution in [0.25, 0.3) is 0 Å². The predicted octanol–water partition coefficient (Wildman–Crippen LogP) is 2.20. The summed E-state index contributed by atoms with van der Waals surface area (Å²) in [6, 6.07) is 0.881. The highest BCUT2D eigenvalue weighted by Gasteiger charge is 2.26. The van der Waals surface area contributed by atoms with E-state index < -0.39 is 0 Å². The Labute approximate surface area is 92.3 Å². The fraction of sp³-hybridized carbons (Fsp3) is 0.818. The Kier molecular flexibility index (Phi) is 5.53. The summed E-state index contributed by atoms with van der Waals surface area (Å²) in [4.78, 5) is 2.55. The van der Waals surface area contributed by atoms with Crippen LogP contribution in [-0.2, 0) is 0 Å². The lowest BCUT2D eigenvalue weighted by Gasteiger charge is -2.19. The van der Waals surface area contributed by atoms with Crippen molar-refractivity contribution < 1.29 is 0 Å². The lowest BCUT2D eigenvalue weighted by molar-refractivity contribution is 0.278. The molecular weight excluding hydrogens is 196 g/mol. The molecule has 1 saturated carbocycles. The van der Waals surface area contributed by atoms with E-state index >= 15 is 0 Å². The summed E-state index contributed by atoms with van der Waals surface area (Å²) in [6.07, 6.45) is 2.79. The molecule has 0 heterocycles. The zero-order valence-electron chi connectivity index (χ0n) is 9.22. The Morgan fingerprint density at radius 2 is 2.29 bits per heavy atom. The van der Waals surface area contributed by atoms with Crippen molar-refractivity contribution in [3.63, 3.8) is 0 Å². The molecule has 3 heteroatoms. The average Bonchev–Trinajstić information content (AvgIpc) is 3.01. The molecule has 0 saturated heterocycles. The maximum absolute atomic E-state index is 5.57. The first-order chi connectivity index (χ1) is 6.77. The lowest BCUT2D eigenvalue weighted by atomic mass is 10.3. The van der Waals surface area contributed by atoms with Crippen molar-refractivity contribution in [1.29, 1.82) is 0 Å². The third-order valence-corrected chi connectivity index (χ3v) is 3.01. The van der Waals surface area contributed by atoms with Crippen LogP contribution in [0.4, 0.5) is 0 Å². The van der Waals surface area contributed by atoms with Crippen molar-refractivity contribution in [2.24, 2.45) is 0 Å². The molecule has 0 spiro atoms. The first-order valence-electron chi connectivity index (χ1n) is 5.48. The number of hydrogen-bond acceptors (Lipinski definition) is 2. The van der Waals surface area contributed by atoms with E-state index in [9.17, 15) is 0 Å². The third kappa shape index (κ3) is 4.45. The fourth-order valence-corrected chi connectivity index (χ4v) is 1.66. The van der Waals surface area contributed by atoms with Gasteiger partial charge in [0.05, 0.1) is 0 Å². The summed E-state index contributed by atoms with van der Waals surface area (Å²) in [5.41, 5.74) is 2.84. The molecule has 0 bridgehead atoms. The average molecular weight is 217 g/mol. The van der Waals surface area contributed by atoms with E-state index in [0.29, 0.717) is 0 Å². The zero-order chi connectivity index (χ0) is 10.4. The van der Waals surface area contributed by atoms with Gasteiger partial charge in [-0.15, -0.1) is 0 Å². The summed E-state index contributed by atoms with van der Waals surface area (Å²) in [5.74, 6) is 0. The lowest BCUT2D eigenvalue weighted by Crippen LogP contribution is -2.34. The van der Waals surface area contributed by atoms with Gasteiger partial charge in [-0.2, -0.15) is 0 Å². The Hall–Kier alpha value is -0.0500. The largest absolute Gasteiger partial charge is 0.312 e. The van der Waals surface area contributed by atoms with E-state index in [4.69, 9.17) is 11.6 Å². The quantitative estimate of drug-likeness (QED) is 0.657.